The van der Waals surface area contributed by atoms with Gasteiger partial charge in [0.15, 0.2) is 0 Å². The molecular weight excluding hydrogens is 199 g/mol. The molecule has 0 unspecified atom stereocenters. The monoisotopic (exact) mass is 216 g/mol. The van der Waals surface area contributed by atoms with E-state index in [1.807, 2.05) is 0 Å². The van der Waals surface area contributed by atoms with Crippen molar-refractivity contribution in [3.8, 4) is 0 Å². The van der Waals surface area contributed by atoms with E-state index in [1.54, 1.807) is 13.8 Å². The van der Waals surface area contributed by atoms with Crippen LogP contribution in [0.5, 0.6) is 0 Å². The Labute approximate surface area is 101 Å². The topological polar surface area (TPSA) is 93.1 Å². The van der Waals surface area contributed by atoms with Crippen LogP contribution < -0.4 is 0 Å². The Kier molecular flexibility index (Phi) is 36.2. The minimum atomic E-state index is -1.83. The number of hydrogen-bond acceptors (Lipinski definition) is 4. The van der Waals surface area contributed by atoms with Gasteiger partial charge in [-0.2, -0.15) is 0 Å². The predicted octanol–water partition coefficient (Wildman–Crippen LogP) is 1.56. The molecule has 7 heteroatoms. The van der Waals surface area contributed by atoms with Gasteiger partial charge >= 0.3 is 31.2 Å². The van der Waals surface area contributed by atoms with E-state index < -0.39 is 12.3 Å². The van der Waals surface area contributed by atoms with E-state index in [9.17, 15) is 4.79 Å². The molecule has 86 valence electrons. The van der Waals surface area contributed by atoms with Gasteiger partial charge in [-0.15, -0.1) is 13.2 Å². The molecule has 0 radical (unpaired) electrons. The summed E-state index contributed by atoms with van der Waals surface area (Å²) in [7, 11) is 0. The number of hydrogen-bond donors (Lipinski definition) is 2. The number of rotatable bonds is 2. The Morgan fingerprint density at radius 2 is 1.27 bits per heavy atom. The van der Waals surface area contributed by atoms with Crippen molar-refractivity contribution < 1.29 is 29.3 Å². The van der Waals surface area contributed by atoms with Crippen LogP contribution in [-0.2, 0) is 9.47 Å². The zero-order valence-corrected chi connectivity index (χ0v) is 8.36. The average Bonchev–Trinajstić information content (AvgIpc) is 2.08. The fourth-order valence-electron chi connectivity index (χ4n) is 0.277. The first-order valence-corrected chi connectivity index (χ1v) is 3.76. The van der Waals surface area contributed by atoms with Crippen molar-refractivity contribution in [2.75, 3.05) is 13.2 Å². The molecule has 2 N–H and O–H groups in total. The van der Waals surface area contributed by atoms with Crippen LogP contribution in [0.15, 0.2) is 13.2 Å². The summed E-state index contributed by atoms with van der Waals surface area (Å²) >= 11 is 0. The van der Waals surface area contributed by atoms with E-state index in [4.69, 9.17) is 15.0 Å². The first kappa shape index (κ1) is 23.6. The Hall–Kier alpha value is -1.12. The molecule has 0 aliphatic heterocycles. The summed E-state index contributed by atoms with van der Waals surface area (Å²) in [5, 5.41) is 13.9. The van der Waals surface area contributed by atoms with Crippen LogP contribution in [0.25, 0.3) is 0 Å². The maximum absolute atomic E-state index is 10.2. The normalized spacial score (nSPS) is 6.27. The van der Waals surface area contributed by atoms with Crippen molar-refractivity contribution in [3.05, 3.63) is 13.2 Å². The van der Waals surface area contributed by atoms with Crippen LogP contribution in [0.1, 0.15) is 13.8 Å². The van der Waals surface area contributed by atoms with Gasteiger partial charge in [0.05, 0.1) is 13.2 Å². The standard InChI is InChI=1S/C5H10O3.C2H4.CH2O3.Li.H/c1-3-7-5(6)8-4-2;1-2;2-1(3)4;;/h3-4H2,1-2H3;1-2H2;(H2,2,3,4);;. The molecule has 0 aromatic heterocycles. The van der Waals surface area contributed by atoms with Gasteiger partial charge < -0.3 is 19.7 Å². The summed E-state index contributed by atoms with van der Waals surface area (Å²) in [6, 6.07) is 0. The van der Waals surface area contributed by atoms with Crippen LogP contribution in [-0.4, -0.2) is 54.6 Å². The molecule has 0 saturated carbocycles. The Bertz CT molecular complexity index is 138. The van der Waals surface area contributed by atoms with E-state index in [0.29, 0.717) is 13.2 Å². The molecule has 0 spiro atoms. The molecule has 0 atom stereocenters. The van der Waals surface area contributed by atoms with Crippen molar-refractivity contribution in [1.29, 1.82) is 0 Å². The molecule has 0 bridgehead atoms. The second-order valence-electron chi connectivity index (χ2n) is 1.40. The summed E-state index contributed by atoms with van der Waals surface area (Å²) in [5.41, 5.74) is 0. The van der Waals surface area contributed by atoms with E-state index in [0.717, 1.165) is 0 Å². The fourth-order valence-corrected chi connectivity index (χ4v) is 0.277. The number of ether oxygens (including phenoxy) is 2. The van der Waals surface area contributed by atoms with Gasteiger partial charge in [-0.3, -0.25) is 0 Å². The van der Waals surface area contributed by atoms with E-state index >= 15 is 0 Å². The second kappa shape index (κ2) is 23.1. The minimum absolute atomic E-state index is 0. The maximum atomic E-state index is 10.2. The molecule has 0 aromatic rings. The van der Waals surface area contributed by atoms with Crippen molar-refractivity contribution >= 4 is 31.2 Å². The average molecular weight is 216 g/mol. The summed E-state index contributed by atoms with van der Waals surface area (Å²) < 4.78 is 8.84. The van der Waals surface area contributed by atoms with Crippen molar-refractivity contribution in [1.82, 2.24) is 0 Å². The first-order chi connectivity index (χ1) is 6.54. The van der Waals surface area contributed by atoms with Gasteiger partial charge in [0.25, 0.3) is 0 Å². The quantitative estimate of drug-likeness (QED) is 0.413. The van der Waals surface area contributed by atoms with Crippen LogP contribution in [0.4, 0.5) is 9.59 Å². The molecular formula is C8H17LiO6. The molecule has 0 aliphatic rings. The summed E-state index contributed by atoms with van der Waals surface area (Å²) in [5.74, 6) is 0. The zero-order chi connectivity index (χ0) is 12.0. The summed E-state index contributed by atoms with van der Waals surface area (Å²) in [6.45, 7) is 10.2. The third-order valence-corrected chi connectivity index (χ3v) is 0.524. The van der Waals surface area contributed by atoms with Gasteiger partial charge in [-0.1, -0.05) is 0 Å². The summed E-state index contributed by atoms with van der Waals surface area (Å²) in [6.07, 6.45) is -2.42. The molecule has 15 heavy (non-hydrogen) atoms. The number of carboxylic acid groups (broad SMARTS) is 2. The van der Waals surface area contributed by atoms with Crippen molar-refractivity contribution in [2.45, 2.75) is 13.8 Å². The molecule has 0 rings (SSSR count). The number of carbonyl (C=O) groups is 2. The van der Waals surface area contributed by atoms with E-state index in [-0.39, 0.29) is 18.9 Å². The summed E-state index contributed by atoms with van der Waals surface area (Å²) in [4.78, 5) is 18.8. The molecule has 0 aromatic carbocycles. The molecule has 0 fully saturated rings. The van der Waals surface area contributed by atoms with Crippen LogP contribution >= 0.6 is 0 Å². The molecule has 0 saturated heterocycles. The third-order valence-electron chi connectivity index (χ3n) is 0.524. The van der Waals surface area contributed by atoms with Crippen LogP contribution in [0.2, 0.25) is 0 Å². The molecule has 0 aliphatic carbocycles. The second-order valence-corrected chi connectivity index (χ2v) is 1.40. The first-order valence-electron chi connectivity index (χ1n) is 3.76. The van der Waals surface area contributed by atoms with E-state index in [1.165, 1.54) is 0 Å². The van der Waals surface area contributed by atoms with Crippen LogP contribution in [0, 0.1) is 0 Å². The Morgan fingerprint density at radius 1 is 1.07 bits per heavy atom. The predicted molar refractivity (Wildman–Crippen MR) is 57.7 cm³/mol. The molecule has 0 amide bonds. The Balaban J connectivity index is -0.0000000742. The molecule has 6 nitrogen and oxygen atoms in total. The third kappa shape index (κ3) is 64.0. The fraction of sp³-hybridized carbons (Fsp3) is 0.500. The number of carbonyl (C=O) groups excluding carboxylic acids is 1. The van der Waals surface area contributed by atoms with Crippen LogP contribution in [0.3, 0.4) is 0 Å². The van der Waals surface area contributed by atoms with Gasteiger partial charge in [-0.25, -0.2) is 9.59 Å². The van der Waals surface area contributed by atoms with Gasteiger partial charge in [0, 0.05) is 0 Å². The van der Waals surface area contributed by atoms with E-state index in [2.05, 4.69) is 22.6 Å². The Morgan fingerprint density at radius 3 is 1.40 bits per heavy atom. The van der Waals surface area contributed by atoms with Crippen molar-refractivity contribution in [2.24, 2.45) is 0 Å². The SMILES string of the molecule is C=C.CCOC(=O)OCC.O=C(O)O.[LiH]. The zero-order valence-electron chi connectivity index (χ0n) is 8.36. The molecule has 0 heterocycles. The van der Waals surface area contributed by atoms with Crippen molar-refractivity contribution in [3.63, 3.8) is 0 Å². The van der Waals surface area contributed by atoms with Gasteiger partial charge in [0.2, 0.25) is 0 Å². The van der Waals surface area contributed by atoms with Gasteiger partial charge in [0.1, 0.15) is 0 Å². The van der Waals surface area contributed by atoms with Gasteiger partial charge in [-0.05, 0) is 13.8 Å².